The molecule has 0 saturated heterocycles. The van der Waals surface area contributed by atoms with Crippen LogP contribution in [0.1, 0.15) is 22.3 Å². The molecule has 100 valence electrons. The Labute approximate surface area is 112 Å². The molecule has 0 aliphatic heterocycles. The quantitative estimate of drug-likeness (QED) is 0.902. The zero-order valence-electron chi connectivity index (χ0n) is 11.3. The van der Waals surface area contributed by atoms with Crippen molar-refractivity contribution in [3.8, 4) is 11.5 Å². The van der Waals surface area contributed by atoms with Gasteiger partial charge < -0.3 is 9.84 Å². The van der Waals surface area contributed by atoms with Crippen molar-refractivity contribution >= 4 is 0 Å². The van der Waals surface area contributed by atoms with Gasteiger partial charge in [0, 0.05) is 6.07 Å². The van der Waals surface area contributed by atoms with E-state index >= 15 is 0 Å². The highest BCUT2D eigenvalue weighted by atomic mass is 19.1. The number of ether oxygens (including phenoxy) is 1. The molecular weight excluding hydrogens is 243 g/mol. The summed E-state index contributed by atoms with van der Waals surface area (Å²) in [5.41, 5.74) is 3.66. The van der Waals surface area contributed by atoms with E-state index in [0.29, 0.717) is 11.3 Å². The van der Waals surface area contributed by atoms with Crippen molar-refractivity contribution in [3.63, 3.8) is 0 Å². The molecule has 2 rings (SSSR count). The van der Waals surface area contributed by atoms with Gasteiger partial charge in [-0.3, -0.25) is 0 Å². The van der Waals surface area contributed by atoms with Crippen molar-refractivity contribution in [2.75, 3.05) is 0 Å². The van der Waals surface area contributed by atoms with E-state index in [1.807, 2.05) is 32.9 Å². The van der Waals surface area contributed by atoms with E-state index in [4.69, 9.17) is 9.84 Å². The maximum Gasteiger partial charge on any atom is 0.133 e. The van der Waals surface area contributed by atoms with Gasteiger partial charge in [-0.25, -0.2) is 4.39 Å². The number of hydrogen-bond acceptors (Lipinski definition) is 2. The van der Waals surface area contributed by atoms with Crippen molar-refractivity contribution in [1.82, 2.24) is 0 Å². The Morgan fingerprint density at radius 2 is 1.74 bits per heavy atom. The molecule has 2 nitrogen and oxygen atoms in total. The van der Waals surface area contributed by atoms with E-state index in [0.717, 1.165) is 22.4 Å². The topological polar surface area (TPSA) is 29.5 Å². The van der Waals surface area contributed by atoms with Crippen LogP contribution in [0.4, 0.5) is 4.39 Å². The summed E-state index contributed by atoms with van der Waals surface area (Å²) in [5.74, 6) is 0.736. The van der Waals surface area contributed by atoms with Crippen LogP contribution >= 0.6 is 0 Å². The van der Waals surface area contributed by atoms with Gasteiger partial charge in [-0.1, -0.05) is 12.1 Å². The number of aliphatic hydroxyl groups is 1. The Kier molecular flexibility index (Phi) is 3.86. The van der Waals surface area contributed by atoms with Gasteiger partial charge in [0.15, 0.2) is 0 Å². The zero-order valence-corrected chi connectivity index (χ0v) is 11.3. The molecule has 0 fully saturated rings. The third-order valence-electron chi connectivity index (χ3n) is 3.21. The number of aryl methyl sites for hydroxylation is 2. The fourth-order valence-electron chi connectivity index (χ4n) is 1.97. The number of rotatable bonds is 3. The lowest BCUT2D eigenvalue weighted by molar-refractivity contribution is 0.280. The summed E-state index contributed by atoms with van der Waals surface area (Å²) in [5, 5.41) is 9.08. The fraction of sp³-hybridized carbons (Fsp3) is 0.250. The average molecular weight is 260 g/mol. The summed E-state index contributed by atoms with van der Waals surface area (Å²) in [6.45, 7) is 5.73. The van der Waals surface area contributed by atoms with Gasteiger partial charge in [0.2, 0.25) is 0 Å². The summed E-state index contributed by atoms with van der Waals surface area (Å²) in [4.78, 5) is 0. The molecule has 2 aromatic rings. The van der Waals surface area contributed by atoms with Gasteiger partial charge in [0.1, 0.15) is 17.3 Å². The summed E-state index contributed by atoms with van der Waals surface area (Å²) >= 11 is 0. The number of benzene rings is 2. The number of aliphatic hydroxyl groups excluding tert-OH is 1. The molecule has 0 radical (unpaired) electrons. The van der Waals surface area contributed by atoms with Crippen LogP contribution in [-0.4, -0.2) is 5.11 Å². The predicted molar refractivity (Wildman–Crippen MR) is 73.0 cm³/mol. The van der Waals surface area contributed by atoms with Gasteiger partial charge in [0.05, 0.1) is 6.61 Å². The maximum atomic E-state index is 13.4. The molecule has 0 bridgehead atoms. The van der Waals surface area contributed by atoms with Crippen LogP contribution in [0, 0.1) is 26.6 Å². The predicted octanol–water partition coefficient (Wildman–Crippen LogP) is 4.04. The Bertz CT molecular complexity index is 606. The minimum atomic E-state index is -0.412. The van der Waals surface area contributed by atoms with Gasteiger partial charge in [-0.15, -0.1) is 0 Å². The Morgan fingerprint density at radius 1 is 1.05 bits per heavy atom. The first-order valence-corrected chi connectivity index (χ1v) is 6.16. The lowest BCUT2D eigenvalue weighted by Gasteiger charge is -2.14. The van der Waals surface area contributed by atoms with Crippen molar-refractivity contribution in [3.05, 3.63) is 58.4 Å². The Balaban J connectivity index is 2.41. The van der Waals surface area contributed by atoms with E-state index in [2.05, 4.69) is 0 Å². The summed E-state index contributed by atoms with van der Waals surface area (Å²) in [6, 6.07) is 8.26. The third kappa shape index (κ3) is 2.93. The molecule has 0 aromatic heterocycles. The highest BCUT2D eigenvalue weighted by Gasteiger charge is 2.09. The van der Waals surface area contributed by atoms with E-state index in [9.17, 15) is 4.39 Å². The van der Waals surface area contributed by atoms with Crippen molar-refractivity contribution in [2.45, 2.75) is 27.4 Å². The van der Waals surface area contributed by atoms with E-state index in [1.165, 1.54) is 12.1 Å². The van der Waals surface area contributed by atoms with Crippen LogP contribution in [0.3, 0.4) is 0 Å². The molecule has 0 heterocycles. The standard InChI is InChI=1S/C16H17FO2/c1-10-4-5-11(2)16(12(10)3)19-15-7-13(9-18)6-14(17)8-15/h4-8,18H,9H2,1-3H3. The van der Waals surface area contributed by atoms with Crippen LogP contribution in [0.25, 0.3) is 0 Å². The third-order valence-corrected chi connectivity index (χ3v) is 3.21. The van der Waals surface area contributed by atoms with Crippen LogP contribution in [0.15, 0.2) is 30.3 Å². The molecule has 0 amide bonds. The normalized spacial score (nSPS) is 10.6. The molecular formula is C16H17FO2. The Hall–Kier alpha value is -1.87. The van der Waals surface area contributed by atoms with Crippen LogP contribution in [-0.2, 0) is 6.61 Å². The van der Waals surface area contributed by atoms with Crippen LogP contribution in [0.2, 0.25) is 0 Å². The smallest absolute Gasteiger partial charge is 0.133 e. The van der Waals surface area contributed by atoms with Gasteiger partial charge in [0.25, 0.3) is 0 Å². The largest absolute Gasteiger partial charge is 0.457 e. The van der Waals surface area contributed by atoms with E-state index in [-0.39, 0.29) is 6.61 Å². The minimum Gasteiger partial charge on any atom is -0.457 e. The molecule has 0 saturated carbocycles. The molecule has 19 heavy (non-hydrogen) atoms. The van der Waals surface area contributed by atoms with E-state index < -0.39 is 5.82 Å². The second kappa shape index (κ2) is 5.41. The highest BCUT2D eigenvalue weighted by molar-refractivity contribution is 5.47. The summed E-state index contributed by atoms with van der Waals surface area (Å²) in [7, 11) is 0. The number of hydrogen-bond donors (Lipinski definition) is 1. The molecule has 0 aliphatic carbocycles. The summed E-state index contributed by atoms with van der Waals surface area (Å²) in [6.07, 6.45) is 0. The van der Waals surface area contributed by atoms with Crippen molar-refractivity contribution in [1.29, 1.82) is 0 Å². The molecule has 3 heteroatoms. The van der Waals surface area contributed by atoms with Gasteiger partial charge in [-0.2, -0.15) is 0 Å². The van der Waals surface area contributed by atoms with Gasteiger partial charge >= 0.3 is 0 Å². The molecule has 1 N–H and O–H groups in total. The second-order valence-corrected chi connectivity index (χ2v) is 4.71. The average Bonchev–Trinajstić information content (AvgIpc) is 2.38. The first kappa shape index (κ1) is 13.6. The number of halogens is 1. The fourth-order valence-corrected chi connectivity index (χ4v) is 1.97. The molecule has 2 aromatic carbocycles. The van der Waals surface area contributed by atoms with Gasteiger partial charge in [-0.05, 0) is 55.2 Å². The van der Waals surface area contributed by atoms with Crippen LogP contribution < -0.4 is 4.74 Å². The first-order valence-electron chi connectivity index (χ1n) is 6.16. The SMILES string of the molecule is Cc1ccc(C)c(Oc2cc(F)cc(CO)c2)c1C. The molecule has 0 aliphatic rings. The van der Waals surface area contributed by atoms with Crippen LogP contribution in [0.5, 0.6) is 11.5 Å². The zero-order chi connectivity index (χ0) is 14.0. The minimum absolute atomic E-state index is 0.208. The molecule has 0 spiro atoms. The summed E-state index contributed by atoms with van der Waals surface area (Å²) < 4.78 is 19.2. The van der Waals surface area contributed by atoms with Crippen molar-refractivity contribution < 1.29 is 14.2 Å². The van der Waals surface area contributed by atoms with Crippen molar-refractivity contribution in [2.24, 2.45) is 0 Å². The molecule has 0 unspecified atom stereocenters. The lowest BCUT2D eigenvalue weighted by Crippen LogP contribution is -1.95. The highest BCUT2D eigenvalue weighted by Crippen LogP contribution is 2.31. The maximum absolute atomic E-state index is 13.4. The first-order chi connectivity index (χ1) is 9.01. The second-order valence-electron chi connectivity index (χ2n) is 4.71. The van der Waals surface area contributed by atoms with E-state index in [1.54, 1.807) is 6.07 Å². The molecule has 0 atom stereocenters. The lowest BCUT2D eigenvalue weighted by atomic mass is 10.1. The Morgan fingerprint density at radius 3 is 2.42 bits per heavy atom. The monoisotopic (exact) mass is 260 g/mol.